The fourth-order valence-electron chi connectivity index (χ4n) is 2.79. The summed E-state index contributed by atoms with van der Waals surface area (Å²) in [5.74, 6) is 0.213. The van der Waals surface area contributed by atoms with Crippen LogP contribution in [-0.4, -0.2) is 43.5 Å². The van der Waals surface area contributed by atoms with E-state index in [1.807, 2.05) is 12.1 Å². The maximum Gasteiger partial charge on any atom is 0.176 e. The van der Waals surface area contributed by atoms with Crippen LogP contribution < -0.4 is 0 Å². The lowest BCUT2D eigenvalue weighted by molar-refractivity contribution is 0.0314. The lowest BCUT2D eigenvalue weighted by atomic mass is 10.0. The van der Waals surface area contributed by atoms with Crippen LogP contribution in [-0.2, 0) is 11.2 Å². The second-order valence-electron chi connectivity index (χ2n) is 5.61. The number of ketones is 1. The van der Waals surface area contributed by atoms with E-state index in [2.05, 4.69) is 24.0 Å². The van der Waals surface area contributed by atoms with E-state index in [1.54, 1.807) is 7.11 Å². The molecule has 1 unspecified atom stereocenters. The van der Waals surface area contributed by atoms with Crippen molar-refractivity contribution in [3.8, 4) is 0 Å². The molecule has 20 heavy (non-hydrogen) atoms. The van der Waals surface area contributed by atoms with Gasteiger partial charge in [0.05, 0.1) is 12.6 Å². The first-order valence-corrected chi connectivity index (χ1v) is 7.60. The van der Waals surface area contributed by atoms with Crippen molar-refractivity contribution in [2.45, 2.75) is 38.7 Å². The van der Waals surface area contributed by atoms with Crippen LogP contribution in [0.1, 0.15) is 42.1 Å². The number of Topliss-reactive ketones (excluding diaryl/α,β-unsaturated/α-hetero) is 1. The Kier molecular flexibility index (Phi) is 5.74. The first-order valence-electron chi connectivity index (χ1n) is 7.60. The van der Waals surface area contributed by atoms with Gasteiger partial charge in [0.25, 0.3) is 0 Å². The van der Waals surface area contributed by atoms with Crippen LogP contribution in [0, 0.1) is 0 Å². The second kappa shape index (κ2) is 7.55. The van der Waals surface area contributed by atoms with E-state index in [9.17, 15) is 4.79 Å². The largest absolute Gasteiger partial charge is 0.380 e. The number of hydrogen-bond donors (Lipinski definition) is 0. The number of carbonyl (C=O) groups is 1. The molecule has 0 bridgehead atoms. The molecule has 1 aliphatic rings. The van der Waals surface area contributed by atoms with Crippen molar-refractivity contribution in [2.75, 3.05) is 26.7 Å². The highest BCUT2D eigenvalue weighted by Gasteiger charge is 2.21. The van der Waals surface area contributed by atoms with Gasteiger partial charge in [-0.15, -0.1) is 0 Å². The van der Waals surface area contributed by atoms with Crippen molar-refractivity contribution in [1.29, 1.82) is 0 Å². The van der Waals surface area contributed by atoms with Crippen LogP contribution in [0.15, 0.2) is 24.3 Å². The van der Waals surface area contributed by atoms with E-state index < -0.39 is 0 Å². The molecule has 3 nitrogen and oxygen atoms in total. The molecule has 0 aliphatic carbocycles. The summed E-state index contributed by atoms with van der Waals surface area (Å²) in [7, 11) is 1.75. The summed E-state index contributed by atoms with van der Waals surface area (Å²) in [5, 5.41) is 0. The number of benzene rings is 1. The van der Waals surface area contributed by atoms with Gasteiger partial charge in [-0.3, -0.25) is 9.69 Å². The number of aryl methyl sites for hydroxylation is 1. The number of nitrogens with zero attached hydrogens (tertiary/aromatic N) is 1. The fourth-order valence-corrected chi connectivity index (χ4v) is 2.79. The molecule has 0 spiro atoms. The van der Waals surface area contributed by atoms with Crippen molar-refractivity contribution in [1.82, 2.24) is 4.90 Å². The number of carbonyl (C=O) groups excluding carboxylic acids is 1. The smallest absolute Gasteiger partial charge is 0.176 e. The summed E-state index contributed by atoms with van der Waals surface area (Å²) in [6.45, 7) is 4.55. The van der Waals surface area contributed by atoms with Crippen molar-refractivity contribution >= 4 is 5.78 Å². The third-order valence-corrected chi connectivity index (χ3v) is 3.98. The normalized spacial score (nSPS) is 20.0. The number of hydrogen-bond acceptors (Lipinski definition) is 3. The topological polar surface area (TPSA) is 29.5 Å². The van der Waals surface area contributed by atoms with E-state index in [4.69, 9.17) is 4.74 Å². The van der Waals surface area contributed by atoms with Crippen LogP contribution in [0.2, 0.25) is 0 Å². The molecule has 1 heterocycles. The molecule has 0 amide bonds. The Labute approximate surface area is 121 Å². The van der Waals surface area contributed by atoms with Crippen molar-refractivity contribution in [3.05, 3.63) is 35.4 Å². The number of ether oxygens (including phenoxy) is 1. The Bertz CT molecular complexity index is 427. The van der Waals surface area contributed by atoms with Crippen LogP contribution in [0.3, 0.4) is 0 Å². The minimum absolute atomic E-state index is 0.213. The third-order valence-electron chi connectivity index (χ3n) is 3.98. The molecule has 1 saturated heterocycles. The molecule has 1 aromatic rings. The van der Waals surface area contributed by atoms with Crippen LogP contribution in [0.25, 0.3) is 0 Å². The highest BCUT2D eigenvalue weighted by Crippen LogP contribution is 2.14. The maximum absolute atomic E-state index is 12.3. The van der Waals surface area contributed by atoms with Crippen molar-refractivity contribution in [3.63, 3.8) is 0 Å². The molecule has 0 N–H and O–H groups in total. The molecule has 1 aromatic carbocycles. The first-order chi connectivity index (χ1) is 9.72. The Hall–Kier alpha value is -1.19. The fraction of sp³-hybridized carbons (Fsp3) is 0.588. The van der Waals surface area contributed by atoms with Gasteiger partial charge < -0.3 is 4.74 Å². The predicted molar refractivity (Wildman–Crippen MR) is 81.2 cm³/mol. The zero-order valence-corrected chi connectivity index (χ0v) is 12.6. The van der Waals surface area contributed by atoms with Crippen molar-refractivity contribution in [2.24, 2.45) is 0 Å². The number of likely N-dealkylation sites (tertiary alicyclic amines) is 1. The van der Waals surface area contributed by atoms with Gasteiger partial charge in [-0.25, -0.2) is 0 Å². The monoisotopic (exact) mass is 275 g/mol. The van der Waals surface area contributed by atoms with Crippen LogP contribution in [0.4, 0.5) is 0 Å². The van der Waals surface area contributed by atoms with Crippen LogP contribution >= 0.6 is 0 Å². The average Bonchev–Trinajstić information content (AvgIpc) is 2.48. The molecule has 110 valence electrons. The van der Waals surface area contributed by atoms with Crippen molar-refractivity contribution < 1.29 is 9.53 Å². The molecule has 3 heteroatoms. The van der Waals surface area contributed by atoms with Gasteiger partial charge in [0.2, 0.25) is 0 Å². The van der Waals surface area contributed by atoms with Crippen LogP contribution in [0.5, 0.6) is 0 Å². The zero-order chi connectivity index (χ0) is 14.4. The molecular formula is C17H25NO2. The molecule has 0 aromatic heterocycles. The standard InChI is InChI=1S/C17H25NO2/c1-3-5-14-7-9-15(10-8-14)17(19)13-18-11-4-6-16(12-18)20-2/h7-10,16H,3-6,11-13H2,1-2H3. The molecule has 1 fully saturated rings. The minimum Gasteiger partial charge on any atom is -0.380 e. The van der Waals surface area contributed by atoms with Gasteiger partial charge >= 0.3 is 0 Å². The van der Waals surface area contributed by atoms with Gasteiger partial charge in [0.15, 0.2) is 5.78 Å². The number of rotatable bonds is 6. The van der Waals surface area contributed by atoms with Gasteiger partial charge in [-0.1, -0.05) is 37.6 Å². The van der Waals surface area contributed by atoms with E-state index >= 15 is 0 Å². The lowest BCUT2D eigenvalue weighted by Gasteiger charge is -2.31. The molecular weight excluding hydrogens is 250 g/mol. The average molecular weight is 275 g/mol. The second-order valence-corrected chi connectivity index (χ2v) is 5.61. The summed E-state index contributed by atoms with van der Waals surface area (Å²) < 4.78 is 5.40. The number of piperidine rings is 1. The zero-order valence-electron chi connectivity index (χ0n) is 12.6. The summed E-state index contributed by atoms with van der Waals surface area (Å²) in [4.78, 5) is 14.5. The van der Waals surface area contributed by atoms with E-state index in [-0.39, 0.29) is 11.9 Å². The third kappa shape index (κ3) is 4.15. The molecule has 0 radical (unpaired) electrons. The Morgan fingerprint density at radius 1 is 1.35 bits per heavy atom. The van der Waals surface area contributed by atoms with Gasteiger partial charge in [-0.05, 0) is 31.4 Å². The van der Waals surface area contributed by atoms with E-state index in [0.717, 1.165) is 44.3 Å². The van der Waals surface area contributed by atoms with E-state index in [0.29, 0.717) is 6.54 Å². The van der Waals surface area contributed by atoms with Gasteiger partial charge in [-0.2, -0.15) is 0 Å². The molecule has 1 atom stereocenters. The predicted octanol–water partition coefficient (Wildman–Crippen LogP) is 2.93. The highest BCUT2D eigenvalue weighted by atomic mass is 16.5. The Morgan fingerprint density at radius 3 is 2.75 bits per heavy atom. The highest BCUT2D eigenvalue weighted by molar-refractivity contribution is 5.97. The lowest BCUT2D eigenvalue weighted by Crippen LogP contribution is -2.41. The Morgan fingerprint density at radius 2 is 2.10 bits per heavy atom. The summed E-state index contributed by atoms with van der Waals surface area (Å²) in [5.41, 5.74) is 2.13. The Balaban J connectivity index is 1.90. The quantitative estimate of drug-likeness (QED) is 0.748. The molecule has 1 aliphatic heterocycles. The summed E-state index contributed by atoms with van der Waals surface area (Å²) in [6.07, 6.45) is 4.72. The summed E-state index contributed by atoms with van der Waals surface area (Å²) >= 11 is 0. The van der Waals surface area contributed by atoms with Gasteiger partial charge in [0, 0.05) is 19.2 Å². The van der Waals surface area contributed by atoms with Gasteiger partial charge in [0.1, 0.15) is 0 Å². The summed E-state index contributed by atoms with van der Waals surface area (Å²) in [6, 6.07) is 8.08. The van der Waals surface area contributed by atoms with E-state index in [1.165, 1.54) is 5.56 Å². The first kappa shape index (κ1) is 15.2. The molecule has 2 rings (SSSR count). The SMILES string of the molecule is CCCc1ccc(C(=O)CN2CCCC(OC)C2)cc1. The minimum atomic E-state index is 0.213. The molecule has 0 saturated carbocycles. The number of methoxy groups -OCH3 is 1. The maximum atomic E-state index is 12.3.